The monoisotopic (exact) mass is 353 g/mol. The van der Waals surface area contributed by atoms with Crippen molar-refractivity contribution in [2.24, 2.45) is 0 Å². The second kappa shape index (κ2) is 6.19. The number of amides is 1. The normalized spacial score (nSPS) is 30.2. The lowest BCUT2D eigenvalue weighted by atomic mass is 9.71. The third kappa shape index (κ3) is 3.52. The lowest BCUT2D eigenvalue weighted by Gasteiger charge is -2.49. The molecule has 0 aromatic carbocycles. The van der Waals surface area contributed by atoms with E-state index < -0.39 is 5.60 Å². The minimum absolute atomic E-state index is 0.0355. The second-order valence-corrected chi connectivity index (χ2v) is 8.93. The first-order valence-corrected chi connectivity index (χ1v) is 9.37. The van der Waals surface area contributed by atoms with Gasteiger partial charge in [-0.2, -0.15) is 0 Å². The summed E-state index contributed by atoms with van der Waals surface area (Å²) in [7, 11) is 0. The highest BCUT2D eigenvalue weighted by atomic mass is 32.1. The summed E-state index contributed by atoms with van der Waals surface area (Å²) in [5, 5.41) is 0.616. The van der Waals surface area contributed by atoms with Crippen LogP contribution >= 0.6 is 11.3 Å². The molecule has 2 bridgehead atoms. The average Bonchev–Trinajstić information content (AvgIpc) is 2.91. The van der Waals surface area contributed by atoms with Crippen LogP contribution in [-0.2, 0) is 14.9 Å². The Hall–Kier alpha value is -1.34. The number of hydrogen-bond acceptors (Lipinski definition) is 6. The predicted octanol–water partition coefficient (Wildman–Crippen LogP) is 3.17. The Balaban J connectivity index is 1.74. The third-order valence-electron chi connectivity index (χ3n) is 4.84. The molecule has 2 aliphatic rings. The van der Waals surface area contributed by atoms with Gasteiger partial charge in [-0.05, 0) is 40.0 Å². The Kier molecular flexibility index (Phi) is 4.51. The lowest BCUT2D eigenvalue weighted by Crippen LogP contribution is -2.57. The first-order chi connectivity index (χ1) is 11.2. The molecule has 2 N–H and O–H groups in total. The van der Waals surface area contributed by atoms with E-state index in [1.54, 1.807) is 16.2 Å². The van der Waals surface area contributed by atoms with Crippen LogP contribution < -0.4 is 5.73 Å². The van der Waals surface area contributed by atoms with Gasteiger partial charge in [0.05, 0.1) is 25.3 Å². The quantitative estimate of drug-likeness (QED) is 0.883. The first kappa shape index (κ1) is 17.5. The van der Waals surface area contributed by atoms with E-state index in [0.29, 0.717) is 18.2 Å². The summed E-state index contributed by atoms with van der Waals surface area (Å²) in [6.45, 7) is 9.05. The highest BCUT2D eigenvalue weighted by Gasteiger charge is 2.47. The van der Waals surface area contributed by atoms with Gasteiger partial charge in [0.1, 0.15) is 5.60 Å². The Morgan fingerprint density at radius 2 is 2.08 bits per heavy atom. The van der Waals surface area contributed by atoms with Crippen molar-refractivity contribution in [3.8, 4) is 0 Å². The van der Waals surface area contributed by atoms with E-state index in [9.17, 15) is 4.79 Å². The number of aromatic nitrogens is 1. The maximum Gasteiger partial charge on any atom is 0.410 e. The van der Waals surface area contributed by atoms with Gasteiger partial charge in [-0.1, -0.05) is 6.92 Å². The van der Waals surface area contributed by atoms with E-state index in [4.69, 9.17) is 15.2 Å². The van der Waals surface area contributed by atoms with Gasteiger partial charge in [0.2, 0.25) is 0 Å². The number of likely N-dealkylation sites (tertiary alicyclic amines) is 1. The van der Waals surface area contributed by atoms with Crippen LogP contribution in [0.15, 0.2) is 6.20 Å². The van der Waals surface area contributed by atoms with Crippen LogP contribution in [-0.4, -0.2) is 46.9 Å². The maximum absolute atomic E-state index is 12.4. The van der Waals surface area contributed by atoms with Gasteiger partial charge in [0, 0.05) is 16.5 Å². The van der Waals surface area contributed by atoms with Crippen molar-refractivity contribution < 1.29 is 14.3 Å². The van der Waals surface area contributed by atoms with Crippen molar-refractivity contribution in [3.63, 3.8) is 0 Å². The van der Waals surface area contributed by atoms with Crippen molar-refractivity contribution >= 4 is 22.6 Å². The molecule has 3 heterocycles. The number of carbonyl (C=O) groups is 1. The number of thiazole rings is 1. The number of nitrogen functional groups attached to an aromatic ring is 1. The zero-order valence-electron chi connectivity index (χ0n) is 14.9. The largest absolute Gasteiger partial charge is 0.444 e. The fraction of sp³-hybridized carbons (Fsp3) is 0.765. The number of morpholine rings is 1. The van der Waals surface area contributed by atoms with Gasteiger partial charge in [0.15, 0.2) is 5.13 Å². The van der Waals surface area contributed by atoms with Gasteiger partial charge < -0.3 is 20.1 Å². The number of fused-ring (bicyclic) bond motifs is 2. The summed E-state index contributed by atoms with van der Waals surface area (Å²) in [4.78, 5) is 19.6. The highest BCUT2D eigenvalue weighted by Crippen LogP contribution is 2.46. The van der Waals surface area contributed by atoms with E-state index in [2.05, 4.69) is 11.9 Å². The summed E-state index contributed by atoms with van der Waals surface area (Å²) in [5.41, 5.74) is 5.43. The summed E-state index contributed by atoms with van der Waals surface area (Å²) in [6, 6.07) is 0. The van der Waals surface area contributed by atoms with Crippen LogP contribution in [0, 0.1) is 0 Å². The van der Waals surface area contributed by atoms with Crippen LogP contribution in [0.3, 0.4) is 0 Å². The Labute approximate surface area is 147 Å². The SMILES string of the molecule is CCC1(c2cnc(N)s2)C[C@H]2CN(C(=O)OC(C)(C)C)C[C@@H](C1)O2. The summed E-state index contributed by atoms with van der Waals surface area (Å²) in [6.07, 6.45) is 4.54. The molecule has 0 spiro atoms. The molecule has 1 aromatic rings. The Bertz CT molecular complexity index is 596. The van der Waals surface area contributed by atoms with Gasteiger partial charge in [-0.3, -0.25) is 0 Å². The van der Waals surface area contributed by atoms with Crippen LogP contribution in [0.5, 0.6) is 0 Å². The summed E-state index contributed by atoms with van der Waals surface area (Å²) in [5.74, 6) is 0. The van der Waals surface area contributed by atoms with Crippen molar-refractivity contribution in [2.45, 2.75) is 70.2 Å². The zero-order valence-corrected chi connectivity index (χ0v) is 15.7. The molecule has 1 aromatic heterocycles. The zero-order chi connectivity index (χ0) is 17.5. The van der Waals surface area contributed by atoms with E-state index in [1.165, 1.54) is 4.88 Å². The van der Waals surface area contributed by atoms with Crippen LogP contribution in [0.1, 0.15) is 51.8 Å². The standard InChI is InChI=1S/C17H27N3O3S/c1-5-17(13-8-19-14(18)24-13)6-11-9-20(10-12(7-17)22-11)15(21)23-16(2,3)4/h8,11-12H,5-7,9-10H2,1-4H3,(H2,18,19)/t11-,12+,17?. The van der Waals surface area contributed by atoms with Crippen molar-refractivity contribution in [1.82, 2.24) is 9.88 Å². The minimum Gasteiger partial charge on any atom is -0.444 e. The number of hydrogen-bond donors (Lipinski definition) is 1. The maximum atomic E-state index is 12.4. The number of ether oxygens (including phenoxy) is 2. The van der Waals surface area contributed by atoms with E-state index in [-0.39, 0.29) is 23.7 Å². The molecule has 1 unspecified atom stereocenters. The first-order valence-electron chi connectivity index (χ1n) is 8.56. The van der Waals surface area contributed by atoms with Gasteiger partial charge >= 0.3 is 6.09 Å². The van der Waals surface area contributed by atoms with E-state index in [1.807, 2.05) is 27.0 Å². The fourth-order valence-corrected chi connectivity index (χ4v) is 4.74. The predicted molar refractivity (Wildman–Crippen MR) is 94.2 cm³/mol. The number of nitrogens with two attached hydrogens (primary N) is 1. The molecule has 3 rings (SSSR count). The van der Waals surface area contributed by atoms with E-state index in [0.717, 1.165) is 19.3 Å². The lowest BCUT2D eigenvalue weighted by molar-refractivity contribution is -0.134. The molecule has 7 heteroatoms. The summed E-state index contributed by atoms with van der Waals surface area (Å²) < 4.78 is 11.6. The molecule has 1 amide bonds. The molecule has 2 aliphatic heterocycles. The molecule has 3 atom stereocenters. The number of nitrogens with zero attached hydrogens (tertiary/aromatic N) is 2. The third-order valence-corrected chi connectivity index (χ3v) is 5.92. The molecule has 0 aliphatic carbocycles. The van der Waals surface area contributed by atoms with E-state index >= 15 is 0 Å². The van der Waals surface area contributed by atoms with Crippen LogP contribution in [0.2, 0.25) is 0 Å². The van der Waals surface area contributed by atoms with Crippen molar-refractivity contribution in [1.29, 1.82) is 0 Å². The fourth-order valence-electron chi connectivity index (χ4n) is 3.78. The Morgan fingerprint density at radius 3 is 2.54 bits per heavy atom. The van der Waals surface area contributed by atoms with Crippen molar-refractivity contribution in [2.75, 3.05) is 18.8 Å². The molecule has 2 fully saturated rings. The smallest absolute Gasteiger partial charge is 0.410 e. The molecular weight excluding hydrogens is 326 g/mol. The van der Waals surface area contributed by atoms with Gasteiger partial charge in [-0.15, -0.1) is 11.3 Å². The molecular formula is C17H27N3O3S. The molecule has 6 nitrogen and oxygen atoms in total. The molecule has 134 valence electrons. The Morgan fingerprint density at radius 1 is 1.46 bits per heavy atom. The van der Waals surface area contributed by atoms with Crippen molar-refractivity contribution in [3.05, 3.63) is 11.1 Å². The number of rotatable bonds is 2. The summed E-state index contributed by atoms with van der Waals surface area (Å²) >= 11 is 1.58. The van der Waals surface area contributed by atoms with Crippen LogP contribution in [0.4, 0.5) is 9.93 Å². The average molecular weight is 353 g/mol. The number of carbonyl (C=O) groups excluding carboxylic acids is 1. The molecule has 24 heavy (non-hydrogen) atoms. The second-order valence-electron chi connectivity index (χ2n) is 7.87. The minimum atomic E-state index is -0.474. The van der Waals surface area contributed by atoms with Gasteiger partial charge in [-0.25, -0.2) is 9.78 Å². The van der Waals surface area contributed by atoms with Gasteiger partial charge in [0.25, 0.3) is 0 Å². The number of anilines is 1. The molecule has 0 radical (unpaired) electrons. The molecule has 2 saturated heterocycles. The van der Waals surface area contributed by atoms with Crippen LogP contribution in [0.25, 0.3) is 0 Å². The topological polar surface area (TPSA) is 77.7 Å². The highest BCUT2D eigenvalue weighted by molar-refractivity contribution is 7.15. The molecule has 0 saturated carbocycles.